The fourth-order valence-corrected chi connectivity index (χ4v) is 3.96. The van der Waals surface area contributed by atoms with Crippen LogP contribution < -0.4 is 5.32 Å². The van der Waals surface area contributed by atoms with Crippen LogP contribution in [0.2, 0.25) is 0 Å². The van der Waals surface area contributed by atoms with E-state index in [0.29, 0.717) is 19.3 Å². The van der Waals surface area contributed by atoms with E-state index in [2.05, 4.69) is 5.32 Å². The SMILES string of the molecule is CCOC(=O)C(Cc1ccccc1)NC(=O)CCCCN(C(=O)OCc1ccccc1)C(=O)OCc1ccccc1. The van der Waals surface area contributed by atoms with Crippen molar-refractivity contribution in [1.82, 2.24) is 10.2 Å². The molecule has 0 heterocycles. The molecule has 3 aromatic carbocycles. The zero-order chi connectivity index (χ0) is 29.3. The first-order chi connectivity index (χ1) is 20.0. The topological polar surface area (TPSA) is 111 Å². The molecule has 0 saturated carbocycles. The third kappa shape index (κ3) is 11.2. The first-order valence-electron chi connectivity index (χ1n) is 13.6. The molecule has 0 aromatic heterocycles. The Hall–Kier alpha value is -4.66. The van der Waals surface area contributed by atoms with Gasteiger partial charge >= 0.3 is 18.2 Å². The van der Waals surface area contributed by atoms with Crippen LogP contribution in [0.3, 0.4) is 0 Å². The molecule has 1 unspecified atom stereocenters. The minimum Gasteiger partial charge on any atom is -0.464 e. The maximum Gasteiger partial charge on any atom is 0.419 e. The Balaban J connectivity index is 1.53. The van der Waals surface area contributed by atoms with Crippen LogP contribution >= 0.6 is 0 Å². The molecule has 1 atom stereocenters. The molecule has 3 rings (SSSR count). The number of imide groups is 1. The number of unbranched alkanes of at least 4 members (excludes halogenated alkanes) is 1. The molecule has 0 bridgehead atoms. The van der Waals surface area contributed by atoms with Gasteiger partial charge in [0.15, 0.2) is 0 Å². The minimum atomic E-state index is -0.832. The molecule has 0 fully saturated rings. The standard InChI is InChI=1S/C32H36N2O7/c1-2-39-30(36)28(22-25-14-6-3-7-15-25)33-29(35)20-12-13-21-34(31(37)40-23-26-16-8-4-9-17-26)32(38)41-24-27-18-10-5-11-19-27/h3-11,14-19,28H,2,12-13,20-24H2,1H3,(H,33,35). The van der Waals surface area contributed by atoms with Gasteiger partial charge in [-0.2, -0.15) is 0 Å². The first kappa shape index (κ1) is 30.9. The zero-order valence-electron chi connectivity index (χ0n) is 23.2. The summed E-state index contributed by atoms with van der Waals surface area (Å²) in [5.41, 5.74) is 2.45. The van der Waals surface area contributed by atoms with E-state index in [1.54, 1.807) is 6.92 Å². The quantitative estimate of drug-likeness (QED) is 0.159. The Morgan fingerprint density at radius 3 is 1.66 bits per heavy atom. The second-order valence-electron chi connectivity index (χ2n) is 9.25. The fourth-order valence-electron chi connectivity index (χ4n) is 3.96. The summed E-state index contributed by atoms with van der Waals surface area (Å²) in [6, 6.07) is 26.8. The van der Waals surface area contributed by atoms with E-state index in [0.717, 1.165) is 21.6 Å². The molecule has 3 aromatic rings. The Morgan fingerprint density at radius 2 is 1.17 bits per heavy atom. The number of ether oxygens (including phenoxy) is 3. The van der Waals surface area contributed by atoms with Gasteiger partial charge in [-0.3, -0.25) is 4.79 Å². The van der Waals surface area contributed by atoms with E-state index in [1.165, 1.54) is 0 Å². The Kier molecular flexibility index (Phi) is 12.9. The lowest BCUT2D eigenvalue weighted by molar-refractivity contribution is -0.147. The Labute approximate surface area is 240 Å². The third-order valence-electron chi connectivity index (χ3n) is 6.08. The smallest absolute Gasteiger partial charge is 0.419 e. The van der Waals surface area contributed by atoms with Crippen molar-refractivity contribution in [2.24, 2.45) is 0 Å². The lowest BCUT2D eigenvalue weighted by atomic mass is 10.1. The highest BCUT2D eigenvalue weighted by Gasteiger charge is 2.25. The van der Waals surface area contributed by atoms with Gasteiger partial charge in [-0.05, 0) is 36.5 Å². The Bertz CT molecular complexity index is 1180. The fraction of sp³-hybridized carbons (Fsp3) is 0.312. The number of hydrogen-bond acceptors (Lipinski definition) is 7. The van der Waals surface area contributed by atoms with E-state index in [4.69, 9.17) is 14.2 Å². The van der Waals surface area contributed by atoms with Crippen LogP contribution in [0, 0.1) is 0 Å². The zero-order valence-corrected chi connectivity index (χ0v) is 23.2. The van der Waals surface area contributed by atoms with Crippen molar-refractivity contribution in [3.05, 3.63) is 108 Å². The van der Waals surface area contributed by atoms with Crippen LogP contribution in [0.4, 0.5) is 9.59 Å². The number of hydrogen-bond donors (Lipinski definition) is 1. The van der Waals surface area contributed by atoms with Crippen molar-refractivity contribution in [2.75, 3.05) is 13.2 Å². The first-order valence-corrected chi connectivity index (χ1v) is 13.6. The molecule has 41 heavy (non-hydrogen) atoms. The van der Waals surface area contributed by atoms with Crippen LogP contribution in [-0.4, -0.2) is 48.2 Å². The van der Waals surface area contributed by atoms with Crippen molar-refractivity contribution in [2.45, 2.75) is 51.9 Å². The molecular weight excluding hydrogens is 524 g/mol. The molecule has 9 heteroatoms. The van der Waals surface area contributed by atoms with Gasteiger partial charge in [0.05, 0.1) is 6.61 Å². The number of carbonyl (C=O) groups excluding carboxylic acids is 4. The van der Waals surface area contributed by atoms with Crippen molar-refractivity contribution >= 4 is 24.1 Å². The summed E-state index contributed by atoms with van der Waals surface area (Å²) < 4.78 is 15.8. The van der Waals surface area contributed by atoms with E-state index in [-0.39, 0.29) is 38.7 Å². The van der Waals surface area contributed by atoms with E-state index in [9.17, 15) is 19.2 Å². The summed E-state index contributed by atoms with van der Waals surface area (Å²) in [6.07, 6.45) is -0.572. The third-order valence-corrected chi connectivity index (χ3v) is 6.08. The summed E-state index contributed by atoms with van der Waals surface area (Å²) >= 11 is 0. The van der Waals surface area contributed by atoms with Crippen LogP contribution in [0.15, 0.2) is 91.0 Å². The summed E-state index contributed by atoms with van der Waals surface area (Å²) in [6.45, 7) is 1.92. The summed E-state index contributed by atoms with van der Waals surface area (Å²) in [7, 11) is 0. The molecule has 9 nitrogen and oxygen atoms in total. The second-order valence-corrected chi connectivity index (χ2v) is 9.25. The van der Waals surface area contributed by atoms with Gasteiger partial charge in [0, 0.05) is 19.4 Å². The van der Waals surface area contributed by atoms with E-state index >= 15 is 0 Å². The van der Waals surface area contributed by atoms with Gasteiger partial charge in [0.1, 0.15) is 19.3 Å². The number of carbonyl (C=O) groups is 4. The molecule has 216 valence electrons. The van der Waals surface area contributed by atoms with Gasteiger partial charge in [-0.25, -0.2) is 19.3 Å². The monoisotopic (exact) mass is 560 g/mol. The largest absolute Gasteiger partial charge is 0.464 e. The van der Waals surface area contributed by atoms with Gasteiger partial charge in [-0.1, -0.05) is 91.0 Å². The normalized spacial score (nSPS) is 11.1. The number of rotatable bonds is 14. The number of nitrogens with one attached hydrogen (secondary N) is 1. The average Bonchev–Trinajstić information content (AvgIpc) is 3.00. The number of esters is 1. The van der Waals surface area contributed by atoms with Crippen LogP contribution in [0.25, 0.3) is 0 Å². The van der Waals surface area contributed by atoms with E-state index < -0.39 is 24.2 Å². The van der Waals surface area contributed by atoms with Gasteiger partial charge < -0.3 is 19.5 Å². The molecule has 0 saturated heterocycles. The maximum atomic E-state index is 12.8. The lowest BCUT2D eigenvalue weighted by Crippen LogP contribution is -2.43. The summed E-state index contributed by atoms with van der Waals surface area (Å²) in [5.74, 6) is -0.831. The second kappa shape index (κ2) is 17.1. The van der Waals surface area contributed by atoms with Crippen molar-refractivity contribution < 1.29 is 33.4 Å². The highest BCUT2D eigenvalue weighted by molar-refractivity contribution is 5.88. The van der Waals surface area contributed by atoms with Gasteiger partial charge in [-0.15, -0.1) is 0 Å². The maximum absolute atomic E-state index is 12.8. The Morgan fingerprint density at radius 1 is 0.683 bits per heavy atom. The lowest BCUT2D eigenvalue weighted by Gasteiger charge is -2.20. The van der Waals surface area contributed by atoms with Gasteiger partial charge in [0.2, 0.25) is 5.91 Å². The molecular formula is C32H36N2O7. The molecule has 0 aliphatic rings. The minimum absolute atomic E-state index is 0.000152. The highest BCUT2D eigenvalue weighted by Crippen LogP contribution is 2.10. The average molecular weight is 561 g/mol. The van der Waals surface area contributed by atoms with Crippen molar-refractivity contribution in [1.29, 1.82) is 0 Å². The molecule has 3 amide bonds. The van der Waals surface area contributed by atoms with Crippen molar-refractivity contribution in [3.8, 4) is 0 Å². The summed E-state index contributed by atoms with van der Waals surface area (Å²) in [5, 5.41) is 2.75. The predicted octanol–water partition coefficient (Wildman–Crippen LogP) is 5.42. The molecule has 0 spiro atoms. The van der Waals surface area contributed by atoms with Crippen LogP contribution in [-0.2, 0) is 43.4 Å². The number of benzene rings is 3. The highest BCUT2D eigenvalue weighted by atomic mass is 16.6. The van der Waals surface area contributed by atoms with Crippen LogP contribution in [0.5, 0.6) is 0 Å². The molecule has 0 radical (unpaired) electrons. The number of nitrogens with zero attached hydrogens (tertiary/aromatic N) is 1. The van der Waals surface area contributed by atoms with Gasteiger partial charge in [0.25, 0.3) is 0 Å². The summed E-state index contributed by atoms with van der Waals surface area (Å²) in [4.78, 5) is 51.7. The van der Waals surface area contributed by atoms with Crippen molar-refractivity contribution in [3.63, 3.8) is 0 Å². The predicted molar refractivity (Wildman–Crippen MR) is 153 cm³/mol. The van der Waals surface area contributed by atoms with Crippen LogP contribution in [0.1, 0.15) is 42.9 Å². The molecule has 0 aliphatic carbocycles. The molecule has 0 aliphatic heterocycles. The van der Waals surface area contributed by atoms with E-state index in [1.807, 2.05) is 91.0 Å². The number of amides is 3. The molecule has 1 N–H and O–H groups in total.